The fourth-order valence-electron chi connectivity index (χ4n) is 6.31. The minimum atomic E-state index is -0.284. The first-order valence-electron chi connectivity index (χ1n) is 16.1. The van der Waals surface area contributed by atoms with Gasteiger partial charge in [0.25, 0.3) is 11.5 Å². The van der Waals surface area contributed by atoms with Crippen molar-refractivity contribution in [2.45, 2.75) is 59.9 Å². The summed E-state index contributed by atoms with van der Waals surface area (Å²) < 4.78 is 0. The van der Waals surface area contributed by atoms with Gasteiger partial charge in [0.1, 0.15) is 5.82 Å². The Bertz CT molecular complexity index is 1600. The van der Waals surface area contributed by atoms with Crippen molar-refractivity contribution in [3.05, 3.63) is 74.8 Å². The van der Waals surface area contributed by atoms with E-state index in [0.29, 0.717) is 17.7 Å². The SMILES string of the molecule is CCN(C(=O)C1CC1)c1cc(-c2ccc(N3CCN(CC4CC4)CC3)nc2)cc(C(=O)NCc2c(C)cc(C)[nH]c2=O)c1C. The second kappa shape index (κ2) is 12.6. The monoisotopic (exact) mass is 596 g/mol. The summed E-state index contributed by atoms with van der Waals surface area (Å²) >= 11 is 0. The molecule has 0 atom stereocenters. The minimum absolute atomic E-state index is 0.0530. The normalized spacial score (nSPS) is 17.0. The lowest BCUT2D eigenvalue weighted by molar-refractivity contribution is -0.119. The molecule has 2 saturated carbocycles. The number of anilines is 2. The number of rotatable bonds is 10. The summed E-state index contributed by atoms with van der Waals surface area (Å²) in [6.07, 6.45) is 6.45. The predicted octanol–water partition coefficient (Wildman–Crippen LogP) is 4.59. The average Bonchev–Trinajstić information content (AvgIpc) is 3.94. The van der Waals surface area contributed by atoms with Gasteiger partial charge in [-0.15, -0.1) is 0 Å². The van der Waals surface area contributed by atoms with Crippen LogP contribution in [0.15, 0.2) is 41.3 Å². The van der Waals surface area contributed by atoms with E-state index in [0.717, 1.165) is 84.4 Å². The lowest BCUT2D eigenvalue weighted by Crippen LogP contribution is -2.47. The van der Waals surface area contributed by atoms with Gasteiger partial charge in [-0.3, -0.25) is 19.3 Å². The topological polar surface area (TPSA) is 102 Å². The molecule has 1 aliphatic heterocycles. The molecule has 3 aromatic rings. The number of H-pyrrole nitrogens is 1. The van der Waals surface area contributed by atoms with Crippen LogP contribution in [0.1, 0.15) is 65.3 Å². The van der Waals surface area contributed by atoms with Crippen molar-refractivity contribution in [2.75, 3.05) is 49.1 Å². The summed E-state index contributed by atoms with van der Waals surface area (Å²) in [5.41, 5.74) is 5.63. The van der Waals surface area contributed by atoms with Crippen molar-refractivity contribution in [1.82, 2.24) is 20.2 Å². The van der Waals surface area contributed by atoms with Gasteiger partial charge in [-0.25, -0.2) is 4.98 Å². The summed E-state index contributed by atoms with van der Waals surface area (Å²) in [6.45, 7) is 13.5. The second-order valence-corrected chi connectivity index (χ2v) is 12.8. The second-order valence-electron chi connectivity index (χ2n) is 12.8. The molecule has 9 nitrogen and oxygen atoms in total. The molecule has 0 spiro atoms. The van der Waals surface area contributed by atoms with Crippen LogP contribution in [0.2, 0.25) is 0 Å². The maximum absolute atomic E-state index is 13.7. The number of nitrogens with one attached hydrogen (secondary N) is 2. The van der Waals surface area contributed by atoms with Gasteiger partial charge < -0.3 is 20.1 Å². The highest BCUT2D eigenvalue weighted by Gasteiger charge is 2.34. The number of carbonyl (C=O) groups is 2. The molecule has 3 fully saturated rings. The number of pyridine rings is 2. The molecule has 0 bridgehead atoms. The van der Waals surface area contributed by atoms with Gasteiger partial charge in [0.05, 0.1) is 0 Å². The Hall–Kier alpha value is -3.98. The number of carbonyl (C=O) groups excluding carboxylic acids is 2. The molecule has 9 heteroatoms. The van der Waals surface area contributed by atoms with Gasteiger partial charge in [0.2, 0.25) is 5.91 Å². The Balaban J connectivity index is 1.27. The molecular weight excluding hydrogens is 552 g/mol. The van der Waals surface area contributed by atoms with Gasteiger partial charge in [-0.05, 0) is 106 Å². The highest BCUT2D eigenvalue weighted by Crippen LogP contribution is 2.37. The number of aryl methyl sites for hydroxylation is 2. The van der Waals surface area contributed by atoms with Gasteiger partial charge in [-0.2, -0.15) is 0 Å². The van der Waals surface area contributed by atoms with Crippen LogP contribution in [-0.4, -0.2) is 66.0 Å². The summed E-state index contributed by atoms with van der Waals surface area (Å²) in [5.74, 6) is 1.74. The van der Waals surface area contributed by atoms with Crippen molar-refractivity contribution in [2.24, 2.45) is 11.8 Å². The fourth-order valence-corrected chi connectivity index (χ4v) is 6.31. The Morgan fingerprint density at radius 2 is 1.75 bits per heavy atom. The molecule has 3 heterocycles. The van der Waals surface area contributed by atoms with Crippen LogP contribution >= 0.6 is 0 Å². The van der Waals surface area contributed by atoms with E-state index in [2.05, 4.69) is 32.2 Å². The summed E-state index contributed by atoms with van der Waals surface area (Å²) in [7, 11) is 0. The maximum Gasteiger partial charge on any atom is 0.253 e. The molecule has 44 heavy (non-hydrogen) atoms. The largest absolute Gasteiger partial charge is 0.354 e. The van der Waals surface area contributed by atoms with Crippen LogP contribution in [0.4, 0.5) is 11.5 Å². The number of aromatic amines is 1. The van der Waals surface area contributed by atoms with Crippen LogP contribution in [-0.2, 0) is 11.3 Å². The fraction of sp³-hybridized carbons (Fsp3) is 0.486. The lowest BCUT2D eigenvalue weighted by atomic mass is 9.97. The molecule has 2 amide bonds. The van der Waals surface area contributed by atoms with E-state index in [1.54, 1.807) is 0 Å². The molecule has 0 radical (unpaired) electrons. The van der Waals surface area contributed by atoms with E-state index in [9.17, 15) is 14.4 Å². The molecule has 1 saturated heterocycles. The highest BCUT2D eigenvalue weighted by atomic mass is 16.2. The van der Waals surface area contributed by atoms with E-state index in [4.69, 9.17) is 4.98 Å². The standard InChI is InChI=1S/C35H44N6O3/c1-5-41(35(44)26-8-9-26)31-18-28(17-29(24(31)4)33(42)37-20-30-22(2)16-23(3)38-34(30)43)27-10-11-32(36-19-27)40-14-12-39(13-15-40)21-25-6-7-25/h10-11,16-19,25-26H,5-9,12-15,20-21H2,1-4H3,(H,37,42)(H,38,43). The molecule has 6 rings (SSSR count). The number of amides is 2. The van der Waals surface area contributed by atoms with Crippen molar-refractivity contribution in [3.8, 4) is 11.1 Å². The summed E-state index contributed by atoms with van der Waals surface area (Å²) in [6, 6.07) is 9.91. The van der Waals surface area contributed by atoms with Crippen LogP contribution in [0, 0.1) is 32.6 Å². The molecular formula is C35H44N6O3. The zero-order valence-electron chi connectivity index (χ0n) is 26.4. The molecule has 2 aromatic heterocycles. The van der Waals surface area contributed by atoms with Crippen LogP contribution in [0.25, 0.3) is 11.1 Å². The number of nitrogens with zero attached hydrogens (tertiary/aromatic N) is 4. The van der Waals surface area contributed by atoms with Crippen molar-refractivity contribution in [1.29, 1.82) is 0 Å². The van der Waals surface area contributed by atoms with Gasteiger partial charge in [0.15, 0.2) is 0 Å². The van der Waals surface area contributed by atoms with E-state index >= 15 is 0 Å². The Morgan fingerprint density at radius 3 is 2.36 bits per heavy atom. The van der Waals surface area contributed by atoms with E-state index in [1.165, 1.54) is 19.4 Å². The Kier molecular flexibility index (Phi) is 8.58. The number of hydrogen-bond donors (Lipinski definition) is 2. The predicted molar refractivity (Wildman–Crippen MR) is 174 cm³/mol. The third-order valence-corrected chi connectivity index (χ3v) is 9.33. The maximum atomic E-state index is 13.7. The average molecular weight is 597 g/mol. The molecule has 232 valence electrons. The third-order valence-electron chi connectivity index (χ3n) is 9.33. The van der Waals surface area contributed by atoms with E-state index < -0.39 is 0 Å². The quantitative estimate of drug-likeness (QED) is 0.355. The zero-order valence-corrected chi connectivity index (χ0v) is 26.4. The van der Waals surface area contributed by atoms with Crippen LogP contribution in [0.3, 0.4) is 0 Å². The van der Waals surface area contributed by atoms with Gasteiger partial charge >= 0.3 is 0 Å². The van der Waals surface area contributed by atoms with E-state index in [1.807, 2.05) is 57.0 Å². The first kappa shape index (κ1) is 30.1. The molecule has 3 aliphatic rings. The van der Waals surface area contributed by atoms with E-state index in [-0.39, 0.29) is 29.8 Å². The first-order valence-corrected chi connectivity index (χ1v) is 16.1. The van der Waals surface area contributed by atoms with Crippen molar-refractivity contribution >= 4 is 23.3 Å². The number of piperazine rings is 1. The molecule has 2 N–H and O–H groups in total. The number of benzene rings is 1. The van der Waals surface area contributed by atoms with Crippen LogP contribution in [0.5, 0.6) is 0 Å². The molecule has 1 aromatic carbocycles. The summed E-state index contributed by atoms with van der Waals surface area (Å²) in [4.78, 5) is 54.0. The third kappa shape index (κ3) is 6.58. The molecule has 0 unspecified atom stereocenters. The smallest absolute Gasteiger partial charge is 0.253 e. The zero-order chi connectivity index (χ0) is 31.0. The number of hydrogen-bond acceptors (Lipinski definition) is 6. The summed E-state index contributed by atoms with van der Waals surface area (Å²) in [5, 5.41) is 2.97. The minimum Gasteiger partial charge on any atom is -0.354 e. The van der Waals surface area contributed by atoms with Gasteiger partial charge in [0, 0.05) is 86.0 Å². The lowest BCUT2D eigenvalue weighted by Gasteiger charge is -2.35. The Labute approximate surface area is 259 Å². The Morgan fingerprint density at radius 1 is 1.00 bits per heavy atom. The number of aromatic nitrogens is 2. The van der Waals surface area contributed by atoms with Crippen molar-refractivity contribution in [3.63, 3.8) is 0 Å². The van der Waals surface area contributed by atoms with Gasteiger partial charge in [-0.1, -0.05) is 0 Å². The van der Waals surface area contributed by atoms with Crippen molar-refractivity contribution < 1.29 is 9.59 Å². The first-order chi connectivity index (χ1) is 21.2. The highest BCUT2D eigenvalue weighted by molar-refractivity contribution is 6.03. The molecule has 2 aliphatic carbocycles. The van der Waals surface area contributed by atoms with Crippen LogP contribution < -0.4 is 20.7 Å².